The number of thiazole rings is 1. The molecule has 0 spiro atoms. The second kappa shape index (κ2) is 9.00. The van der Waals surface area contributed by atoms with Crippen LogP contribution in [-0.2, 0) is 11.3 Å². The van der Waals surface area contributed by atoms with Gasteiger partial charge in [-0.1, -0.05) is 46.7 Å². The molecular weight excluding hydrogens is 441 g/mol. The monoisotopic (exact) mass is 457 g/mol. The number of aryl methyl sites for hydroxylation is 1. The minimum absolute atomic E-state index is 0.184. The third kappa shape index (κ3) is 4.73. The highest BCUT2D eigenvalue weighted by molar-refractivity contribution is 7.22. The Morgan fingerprint density at radius 1 is 1.17 bits per heavy atom. The number of rotatable bonds is 6. The predicted octanol–water partition coefficient (Wildman–Crippen LogP) is 5.92. The average molecular weight is 458 g/mol. The van der Waals surface area contributed by atoms with E-state index in [-0.39, 0.29) is 12.5 Å². The van der Waals surface area contributed by atoms with E-state index in [0.717, 1.165) is 21.3 Å². The summed E-state index contributed by atoms with van der Waals surface area (Å²) in [4.78, 5) is 23.5. The Kier molecular flexibility index (Phi) is 6.18. The van der Waals surface area contributed by atoms with Gasteiger partial charge < -0.3 is 4.74 Å². The molecule has 152 valence electrons. The molecule has 1 amide bonds. The first-order chi connectivity index (χ1) is 14.5. The largest absolute Gasteiger partial charge is 0.482 e. The average Bonchev–Trinajstić information content (AvgIpc) is 3.14. The van der Waals surface area contributed by atoms with Gasteiger partial charge >= 0.3 is 0 Å². The molecular formula is C22H17Cl2N3O2S. The Morgan fingerprint density at radius 3 is 2.80 bits per heavy atom. The lowest BCUT2D eigenvalue weighted by Crippen LogP contribution is -2.34. The molecule has 0 bridgehead atoms. The number of anilines is 1. The van der Waals surface area contributed by atoms with Crippen LogP contribution in [0, 0.1) is 6.92 Å². The van der Waals surface area contributed by atoms with Crippen molar-refractivity contribution in [3.8, 4) is 5.75 Å². The molecule has 0 saturated carbocycles. The highest BCUT2D eigenvalue weighted by Crippen LogP contribution is 2.31. The molecule has 0 atom stereocenters. The van der Waals surface area contributed by atoms with Gasteiger partial charge in [0.1, 0.15) is 5.75 Å². The molecule has 0 fully saturated rings. The van der Waals surface area contributed by atoms with Crippen LogP contribution >= 0.6 is 34.5 Å². The first kappa shape index (κ1) is 20.6. The molecule has 2 aromatic carbocycles. The lowest BCUT2D eigenvalue weighted by atomic mass is 10.2. The zero-order chi connectivity index (χ0) is 21.1. The van der Waals surface area contributed by atoms with Crippen molar-refractivity contribution in [2.45, 2.75) is 13.5 Å². The standard InChI is InChI=1S/C22H17Cl2N3O2S/c1-14-4-6-18-20(9-14)30-22(26-18)27(12-15-3-2-8-25-11-15)21(28)13-29-19-7-5-16(23)10-17(19)24/h2-11H,12-13H2,1H3. The first-order valence-electron chi connectivity index (χ1n) is 9.14. The molecule has 0 aliphatic rings. The highest BCUT2D eigenvalue weighted by Gasteiger charge is 2.21. The minimum atomic E-state index is -0.236. The lowest BCUT2D eigenvalue weighted by molar-refractivity contribution is -0.120. The SMILES string of the molecule is Cc1ccc2nc(N(Cc3cccnc3)C(=O)COc3ccc(Cl)cc3Cl)sc2c1. The third-order valence-corrected chi connectivity index (χ3v) is 5.94. The first-order valence-corrected chi connectivity index (χ1v) is 10.7. The van der Waals surface area contributed by atoms with Crippen LogP contribution in [0.3, 0.4) is 0 Å². The number of pyridine rings is 1. The van der Waals surface area contributed by atoms with Gasteiger partial charge in [0, 0.05) is 17.4 Å². The molecule has 30 heavy (non-hydrogen) atoms. The second-order valence-corrected chi connectivity index (χ2v) is 8.52. The molecule has 2 aromatic heterocycles. The van der Waals surface area contributed by atoms with Gasteiger partial charge in [0.25, 0.3) is 5.91 Å². The van der Waals surface area contributed by atoms with Crippen LogP contribution in [0.4, 0.5) is 5.13 Å². The summed E-state index contributed by atoms with van der Waals surface area (Å²) in [7, 11) is 0. The van der Waals surface area contributed by atoms with E-state index in [9.17, 15) is 4.79 Å². The number of amides is 1. The fourth-order valence-electron chi connectivity index (χ4n) is 2.88. The number of benzene rings is 2. The molecule has 0 unspecified atom stereocenters. The topological polar surface area (TPSA) is 55.3 Å². The van der Waals surface area contributed by atoms with Crippen LogP contribution in [-0.4, -0.2) is 22.5 Å². The van der Waals surface area contributed by atoms with E-state index in [4.69, 9.17) is 27.9 Å². The molecule has 2 heterocycles. The van der Waals surface area contributed by atoms with Gasteiger partial charge in [0.2, 0.25) is 0 Å². The molecule has 0 aliphatic heterocycles. The summed E-state index contributed by atoms with van der Waals surface area (Å²) in [6.45, 7) is 2.18. The van der Waals surface area contributed by atoms with E-state index in [1.54, 1.807) is 35.5 Å². The number of hydrogen-bond donors (Lipinski definition) is 0. The van der Waals surface area contributed by atoms with Crippen LogP contribution in [0.2, 0.25) is 10.0 Å². The number of aromatic nitrogens is 2. The lowest BCUT2D eigenvalue weighted by Gasteiger charge is -2.20. The maximum atomic E-state index is 13.1. The maximum Gasteiger partial charge on any atom is 0.267 e. The van der Waals surface area contributed by atoms with Gasteiger partial charge in [-0.2, -0.15) is 0 Å². The van der Waals surface area contributed by atoms with Crippen LogP contribution in [0.1, 0.15) is 11.1 Å². The van der Waals surface area contributed by atoms with E-state index < -0.39 is 0 Å². The van der Waals surface area contributed by atoms with Crippen molar-refractivity contribution in [3.63, 3.8) is 0 Å². The number of ether oxygens (including phenoxy) is 1. The normalized spacial score (nSPS) is 10.9. The fraction of sp³-hybridized carbons (Fsp3) is 0.136. The van der Waals surface area contributed by atoms with Crippen molar-refractivity contribution in [1.82, 2.24) is 9.97 Å². The zero-order valence-corrected chi connectivity index (χ0v) is 18.3. The molecule has 0 N–H and O–H groups in total. The van der Waals surface area contributed by atoms with Crippen LogP contribution in [0.15, 0.2) is 60.9 Å². The number of halogens is 2. The van der Waals surface area contributed by atoms with Crippen molar-refractivity contribution in [2.75, 3.05) is 11.5 Å². The predicted molar refractivity (Wildman–Crippen MR) is 122 cm³/mol. The Bertz CT molecular complexity index is 1200. The number of carbonyl (C=O) groups excluding carboxylic acids is 1. The molecule has 4 aromatic rings. The number of carbonyl (C=O) groups is 1. The summed E-state index contributed by atoms with van der Waals surface area (Å²) in [5.41, 5.74) is 2.89. The smallest absolute Gasteiger partial charge is 0.267 e. The van der Waals surface area contributed by atoms with Crippen LogP contribution in [0.25, 0.3) is 10.2 Å². The van der Waals surface area contributed by atoms with Gasteiger partial charge in [0.05, 0.1) is 21.8 Å². The van der Waals surface area contributed by atoms with Crippen molar-refractivity contribution < 1.29 is 9.53 Å². The van der Waals surface area contributed by atoms with Crippen molar-refractivity contribution >= 4 is 55.8 Å². The molecule has 0 radical (unpaired) electrons. The van der Waals surface area contributed by atoms with Gasteiger partial charge in [-0.25, -0.2) is 4.98 Å². The van der Waals surface area contributed by atoms with Crippen molar-refractivity contribution in [2.24, 2.45) is 0 Å². The quantitative estimate of drug-likeness (QED) is 0.360. The summed E-state index contributed by atoms with van der Waals surface area (Å²) < 4.78 is 6.69. The van der Waals surface area contributed by atoms with E-state index in [1.165, 1.54) is 11.3 Å². The number of hydrogen-bond acceptors (Lipinski definition) is 5. The number of fused-ring (bicyclic) bond motifs is 1. The van der Waals surface area contributed by atoms with Gasteiger partial charge in [0.15, 0.2) is 11.7 Å². The molecule has 8 heteroatoms. The fourth-order valence-corrected chi connectivity index (χ4v) is 4.42. The maximum absolute atomic E-state index is 13.1. The van der Waals surface area contributed by atoms with E-state index >= 15 is 0 Å². The van der Waals surface area contributed by atoms with Crippen LogP contribution in [0.5, 0.6) is 5.75 Å². The van der Waals surface area contributed by atoms with Crippen molar-refractivity contribution in [1.29, 1.82) is 0 Å². The van der Waals surface area contributed by atoms with Gasteiger partial charge in [-0.3, -0.25) is 14.7 Å². The second-order valence-electron chi connectivity index (χ2n) is 6.67. The van der Waals surface area contributed by atoms with Crippen LogP contribution < -0.4 is 9.64 Å². The Balaban J connectivity index is 1.61. The number of nitrogens with zero attached hydrogens (tertiary/aromatic N) is 3. The molecule has 0 saturated heterocycles. The highest BCUT2D eigenvalue weighted by atomic mass is 35.5. The van der Waals surface area contributed by atoms with Gasteiger partial charge in [-0.05, 0) is 54.4 Å². The van der Waals surface area contributed by atoms with E-state index in [1.807, 2.05) is 31.2 Å². The summed E-state index contributed by atoms with van der Waals surface area (Å²) in [5, 5.41) is 1.46. The van der Waals surface area contributed by atoms with Crippen molar-refractivity contribution in [3.05, 3.63) is 82.1 Å². The summed E-state index contributed by atoms with van der Waals surface area (Å²) in [6.07, 6.45) is 3.43. The van der Waals surface area contributed by atoms with E-state index in [2.05, 4.69) is 16.0 Å². The third-order valence-electron chi connectivity index (χ3n) is 4.37. The molecule has 0 aliphatic carbocycles. The van der Waals surface area contributed by atoms with Gasteiger partial charge in [-0.15, -0.1) is 0 Å². The van der Waals surface area contributed by atoms with E-state index in [0.29, 0.717) is 27.5 Å². The molecule has 4 rings (SSSR count). The Labute approximate surface area is 187 Å². The Morgan fingerprint density at radius 2 is 2.03 bits per heavy atom. The Hall–Kier alpha value is -2.67. The summed E-state index contributed by atoms with van der Waals surface area (Å²) in [6, 6.07) is 14.7. The molecule has 5 nitrogen and oxygen atoms in total. The summed E-state index contributed by atoms with van der Waals surface area (Å²) >= 11 is 13.5. The minimum Gasteiger partial charge on any atom is -0.482 e. The zero-order valence-electron chi connectivity index (χ0n) is 16.0. The summed E-state index contributed by atoms with van der Waals surface area (Å²) in [5.74, 6) is 0.163.